The normalized spacial score (nSPS) is 11.3. The Morgan fingerprint density at radius 1 is 1.00 bits per heavy atom. The number of hydrogen-bond donors (Lipinski definition) is 1. The second-order valence-corrected chi connectivity index (χ2v) is 8.30. The van der Waals surface area contributed by atoms with E-state index in [1.165, 1.54) is 4.57 Å². The summed E-state index contributed by atoms with van der Waals surface area (Å²) in [6.45, 7) is 6.13. The summed E-state index contributed by atoms with van der Waals surface area (Å²) >= 11 is 0. The summed E-state index contributed by atoms with van der Waals surface area (Å²) in [6, 6.07) is 16.9. The molecule has 2 aromatic carbocycles. The molecule has 0 aliphatic heterocycles. The maximum absolute atomic E-state index is 12.6. The molecule has 34 heavy (non-hydrogen) atoms. The van der Waals surface area contributed by atoms with Crippen LogP contribution in [-0.4, -0.2) is 28.7 Å². The van der Waals surface area contributed by atoms with Gasteiger partial charge in [-0.05, 0) is 36.6 Å². The Balaban J connectivity index is 1.62. The van der Waals surface area contributed by atoms with Gasteiger partial charge in [-0.15, -0.1) is 0 Å². The molecular formula is C27H30N2O5. The second kappa shape index (κ2) is 12.0. The van der Waals surface area contributed by atoms with Crippen molar-refractivity contribution in [1.82, 2.24) is 9.55 Å². The third-order valence-electron chi connectivity index (χ3n) is 5.34. The molecule has 0 amide bonds. The zero-order valence-corrected chi connectivity index (χ0v) is 19.7. The van der Waals surface area contributed by atoms with E-state index in [1.807, 2.05) is 63.2 Å². The van der Waals surface area contributed by atoms with Crippen LogP contribution in [0.2, 0.25) is 0 Å². The van der Waals surface area contributed by atoms with Crippen LogP contribution >= 0.6 is 0 Å². The molecule has 0 atom stereocenters. The molecule has 0 radical (unpaired) electrons. The number of aromatic amines is 1. The average Bonchev–Trinajstić information content (AvgIpc) is 2.80. The molecule has 7 nitrogen and oxygen atoms in total. The molecule has 0 bridgehead atoms. The van der Waals surface area contributed by atoms with Crippen LogP contribution in [0.5, 0.6) is 0 Å². The lowest BCUT2D eigenvalue weighted by molar-refractivity contribution is 0.0547. The summed E-state index contributed by atoms with van der Waals surface area (Å²) in [4.78, 5) is 39.5. The van der Waals surface area contributed by atoms with Gasteiger partial charge in [0.1, 0.15) is 13.3 Å². The third-order valence-corrected chi connectivity index (χ3v) is 5.34. The number of rotatable bonds is 10. The number of ether oxygens (including phenoxy) is 2. The van der Waals surface area contributed by atoms with Gasteiger partial charge in [-0.3, -0.25) is 14.3 Å². The van der Waals surface area contributed by atoms with E-state index >= 15 is 0 Å². The smallest absolute Gasteiger partial charge is 0.338 e. The molecule has 7 heteroatoms. The number of hydrogen-bond acceptors (Lipinski definition) is 5. The Morgan fingerprint density at radius 3 is 2.35 bits per heavy atom. The molecular weight excluding hydrogens is 432 g/mol. The van der Waals surface area contributed by atoms with E-state index in [9.17, 15) is 14.4 Å². The van der Waals surface area contributed by atoms with Crippen molar-refractivity contribution in [2.45, 2.75) is 39.8 Å². The molecule has 0 aliphatic carbocycles. The minimum Gasteiger partial charge on any atom is -0.458 e. The minimum atomic E-state index is -0.503. The Labute approximate surface area is 198 Å². The molecule has 3 aromatic rings. The van der Waals surface area contributed by atoms with E-state index in [4.69, 9.17) is 9.47 Å². The first-order chi connectivity index (χ1) is 16.4. The monoisotopic (exact) mass is 462 g/mol. The summed E-state index contributed by atoms with van der Waals surface area (Å²) in [6.07, 6.45) is 3.85. The molecule has 0 unspecified atom stereocenters. The molecule has 0 saturated carbocycles. The van der Waals surface area contributed by atoms with Crippen molar-refractivity contribution in [1.29, 1.82) is 0 Å². The van der Waals surface area contributed by atoms with Crippen molar-refractivity contribution >= 4 is 5.97 Å². The van der Waals surface area contributed by atoms with E-state index < -0.39 is 11.7 Å². The Kier molecular flexibility index (Phi) is 8.76. The fourth-order valence-corrected chi connectivity index (χ4v) is 3.59. The highest BCUT2D eigenvalue weighted by Crippen LogP contribution is 2.18. The SMILES string of the molecule is Cc1ccc(C(=O)OC/C=C\COCn2c(Cc3ccccc3)c(C(C)C)c(=O)[nH]c2=O)cc1. The first-order valence-electron chi connectivity index (χ1n) is 11.2. The van der Waals surface area contributed by atoms with Crippen LogP contribution in [0.25, 0.3) is 0 Å². The van der Waals surface area contributed by atoms with Crippen LogP contribution < -0.4 is 11.2 Å². The first kappa shape index (κ1) is 24.9. The summed E-state index contributed by atoms with van der Waals surface area (Å²) < 4.78 is 12.4. The molecule has 1 heterocycles. The highest BCUT2D eigenvalue weighted by atomic mass is 16.5. The van der Waals surface area contributed by atoms with Crippen LogP contribution in [0.3, 0.4) is 0 Å². The highest BCUT2D eigenvalue weighted by Gasteiger charge is 2.18. The lowest BCUT2D eigenvalue weighted by Crippen LogP contribution is -2.36. The van der Waals surface area contributed by atoms with Gasteiger partial charge in [-0.1, -0.05) is 68.0 Å². The van der Waals surface area contributed by atoms with Crippen molar-refractivity contribution in [3.8, 4) is 0 Å². The maximum atomic E-state index is 12.6. The van der Waals surface area contributed by atoms with Gasteiger partial charge in [-0.2, -0.15) is 0 Å². The minimum absolute atomic E-state index is 0.00893. The lowest BCUT2D eigenvalue weighted by atomic mass is 9.98. The van der Waals surface area contributed by atoms with Crippen LogP contribution in [0, 0.1) is 6.92 Å². The predicted octanol–water partition coefficient (Wildman–Crippen LogP) is 3.95. The number of aryl methyl sites for hydroxylation is 1. The molecule has 1 N–H and O–H groups in total. The van der Waals surface area contributed by atoms with E-state index in [1.54, 1.807) is 24.3 Å². The van der Waals surface area contributed by atoms with Gasteiger partial charge in [0.15, 0.2) is 0 Å². The topological polar surface area (TPSA) is 90.4 Å². The maximum Gasteiger partial charge on any atom is 0.338 e. The number of esters is 1. The third kappa shape index (κ3) is 6.65. The van der Waals surface area contributed by atoms with Crippen LogP contribution in [0.4, 0.5) is 0 Å². The van der Waals surface area contributed by atoms with Gasteiger partial charge in [0, 0.05) is 17.7 Å². The number of aromatic nitrogens is 2. The van der Waals surface area contributed by atoms with Crippen molar-refractivity contribution in [2.24, 2.45) is 0 Å². The van der Waals surface area contributed by atoms with Crippen LogP contribution in [0.15, 0.2) is 76.3 Å². The van der Waals surface area contributed by atoms with E-state index in [0.29, 0.717) is 23.2 Å². The summed E-state index contributed by atoms with van der Waals surface area (Å²) in [7, 11) is 0. The molecule has 178 valence electrons. The second-order valence-electron chi connectivity index (χ2n) is 8.30. The summed E-state index contributed by atoms with van der Waals surface area (Å²) in [5, 5.41) is 0. The molecule has 0 aliphatic rings. The van der Waals surface area contributed by atoms with Crippen molar-refractivity contribution in [3.63, 3.8) is 0 Å². The fourth-order valence-electron chi connectivity index (χ4n) is 3.59. The van der Waals surface area contributed by atoms with Gasteiger partial charge < -0.3 is 9.47 Å². The van der Waals surface area contributed by atoms with E-state index in [0.717, 1.165) is 11.1 Å². The summed E-state index contributed by atoms with van der Waals surface area (Å²) in [5.74, 6) is -0.449. The van der Waals surface area contributed by atoms with Crippen molar-refractivity contribution in [3.05, 3.63) is 116 Å². The van der Waals surface area contributed by atoms with Crippen LogP contribution in [-0.2, 0) is 22.6 Å². The quantitative estimate of drug-likeness (QED) is 0.280. The highest BCUT2D eigenvalue weighted by molar-refractivity contribution is 5.89. The molecule has 3 rings (SSSR count). The Morgan fingerprint density at radius 2 is 1.68 bits per heavy atom. The number of nitrogens with one attached hydrogen (secondary N) is 1. The number of nitrogens with zero attached hydrogens (tertiary/aromatic N) is 1. The number of carbonyl (C=O) groups is 1. The van der Waals surface area contributed by atoms with Gasteiger partial charge >= 0.3 is 11.7 Å². The zero-order chi connectivity index (χ0) is 24.5. The van der Waals surface area contributed by atoms with Gasteiger partial charge in [-0.25, -0.2) is 9.59 Å². The van der Waals surface area contributed by atoms with Gasteiger partial charge in [0.05, 0.1) is 12.2 Å². The molecule has 0 saturated heterocycles. The van der Waals surface area contributed by atoms with Gasteiger partial charge in [0.2, 0.25) is 0 Å². The standard InChI is InChI=1S/C27H30N2O5/c1-19(2)24-23(17-21-9-5-4-6-10-21)29(27(32)28-25(24)30)18-33-15-7-8-16-34-26(31)22-13-11-20(3)12-14-22/h4-14,19H,15-18H2,1-3H3,(H,28,30,32)/b8-7-. The van der Waals surface area contributed by atoms with E-state index in [-0.39, 0.29) is 31.4 Å². The number of H-pyrrole nitrogens is 1. The largest absolute Gasteiger partial charge is 0.458 e. The average molecular weight is 463 g/mol. The molecule has 0 spiro atoms. The zero-order valence-electron chi connectivity index (χ0n) is 19.7. The first-order valence-corrected chi connectivity index (χ1v) is 11.2. The predicted molar refractivity (Wildman–Crippen MR) is 131 cm³/mol. The molecule has 0 fully saturated rings. The van der Waals surface area contributed by atoms with Gasteiger partial charge in [0.25, 0.3) is 5.56 Å². The Bertz CT molecular complexity index is 1240. The number of carbonyl (C=O) groups excluding carboxylic acids is 1. The van der Waals surface area contributed by atoms with E-state index in [2.05, 4.69) is 4.98 Å². The summed E-state index contributed by atoms with van der Waals surface area (Å²) in [5.41, 5.74) is 2.92. The van der Waals surface area contributed by atoms with Crippen LogP contribution in [0.1, 0.15) is 52.5 Å². The molecule has 1 aromatic heterocycles. The van der Waals surface area contributed by atoms with Crippen molar-refractivity contribution in [2.75, 3.05) is 13.2 Å². The fraction of sp³-hybridized carbons (Fsp3) is 0.296. The lowest BCUT2D eigenvalue weighted by Gasteiger charge is -2.18. The van der Waals surface area contributed by atoms with Crippen molar-refractivity contribution < 1.29 is 14.3 Å². The number of benzene rings is 2. The Hall–Kier alpha value is -3.71.